The molecule has 2 atom stereocenters. The van der Waals surface area contributed by atoms with E-state index in [1.807, 2.05) is 6.92 Å². The highest BCUT2D eigenvalue weighted by atomic mass is 16.4. The van der Waals surface area contributed by atoms with Crippen molar-refractivity contribution in [2.75, 3.05) is 11.4 Å². The summed E-state index contributed by atoms with van der Waals surface area (Å²) >= 11 is 0. The van der Waals surface area contributed by atoms with Crippen molar-refractivity contribution in [2.24, 2.45) is 5.92 Å². The average molecular weight is 248 g/mol. The van der Waals surface area contributed by atoms with Gasteiger partial charge in [0.05, 0.1) is 5.56 Å². The molecule has 0 amide bonds. The largest absolute Gasteiger partial charge is 0.478 e. The number of hydrogen-bond acceptors (Lipinski definition) is 3. The van der Waals surface area contributed by atoms with Crippen molar-refractivity contribution in [3.05, 3.63) is 23.4 Å². The van der Waals surface area contributed by atoms with Crippen LogP contribution in [0, 0.1) is 12.8 Å². The molecule has 4 heteroatoms. The van der Waals surface area contributed by atoms with Crippen LogP contribution in [-0.2, 0) is 0 Å². The Bertz CT molecular complexity index is 459. The second-order valence-electron chi connectivity index (χ2n) is 5.35. The lowest BCUT2D eigenvalue weighted by Gasteiger charge is -2.38. The van der Waals surface area contributed by atoms with Crippen LogP contribution in [0.2, 0.25) is 0 Å². The molecule has 0 spiro atoms. The number of aromatic carboxylic acids is 1. The second-order valence-corrected chi connectivity index (χ2v) is 5.35. The quantitative estimate of drug-likeness (QED) is 0.874. The van der Waals surface area contributed by atoms with Gasteiger partial charge in [-0.2, -0.15) is 0 Å². The number of aryl methyl sites for hydroxylation is 1. The Kier molecular flexibility index (Phi) is 3.55. The molecule has 1 saturated heterocycles. The van der Waals surface area contributed by atoms with Gasteiger partial charge in [-0.05, 0) is 44.2 Å². The Labute approximate surface area is 108 Å². The van der Waals surface area contributed by atoms with Crippen molar-refractivity contribution >= 4 is 11.8 Å². The van der Waals surface area contributed by atoms with Crippen molar-refractivity contribution in [1.29, 1.82) is 0 Å². The summed E-state index contributed by atoms with van der Waals surface area (Å²) in [5.41, 5.74) is 1.20. The fourth-order valence-electron chi connectivity index (χ4n) is 2.57. The number of aromatic nitrogens is 1. The van der Waals surface area contributed by atoms with E-state index in [0.29, 0.717) is 12.0 Å². The molecule has 2 heterocycles. The number of carboxylic acids is 1. The maximum Gasteiger partial charge on any atom is 0.337 e. The van der Waals surface area contributed by atoms with Crippen molar-refractivity contribution in [3.63, 3.8) is 0 Å². The molecule has 1 aromatic rings. The molecule has 1 aliphatic rings. The zero-order valence-electron chi connectivity index (χ0n) is 11.2. The van der Waals surface area contributed by atoms with Crippen molar-refractivity contribution < 1.29 is 9.90 Å². The fourth-order valence-corrected chi connectivity index (χ4v) is 2.57. The van der Waals surface area contributed by atoms with E-state index in [0.717, 1.165) is 17.9 Å². The van der Waals surface area contributed by atoms with E-state index >= 15 is 0 Å². The highest BCUT2D eigenvalue weighted by Crippen LogP contribution is 2.28. The van der Waals surface area contributed by atoms with Gasteiger partial charge in [-0.15, -0.1) is 0 Å². The molecule has 1 fully saturated rings. The van der Waals surface area contributed by atoms with Crippen LogP contribution < -0.4 is 4.90 Å². The van der Waals surface area contributed by atoms with Crippen molar-refractivity contribution in [1.82, 2.24) is 4.98 Å². The van der Waals surface area contributed by atoms with Crippen LogP contribution in [0.3, 0.4) is 0 Å². The molecule has 2 rings (SSSR count). The van der Waals surface area contributed by atoms with E-state index in [1.54, 1.807) is 6.07 Å². The Hall–Kier alpha value is -1.58. The number of carbonyl (C=O) groups is 1. The topological polar surface area (TPSA) is 53.4 Å². The summed E-state index contributed by atoms with van der Waals surface area (Å²) in [7, 11) is 0. The summed E-state index contributed by atoms with van der Waals surface area (Å²) in [5, 5.41) is 8.95. The number of carboxylic acid groups (broad SMARTS) is 1. The van der Waals surface area contributed by atoms with E-state index in [4.69, 9.17) is 5.11 Å². The molecule has 1 aromatic heterocycles. The SMILES string of the molecule is Cc1cc(C(=O)O)cnc1N1CC(C)CCC1C. The van der Waals surface area contributed by atoms with Gasteiger partial charge in [-0.1, -0.05) is 6.92 Å². The number of nitrogens with zero attached hydrogens (tertiary/aromatic N) is 2. The normalized spacial score (nSPS) is 24.1. The Balaban J connectivity index is 2.30. The van der Waals surface area contributed by atoms with E-state index in [2.05, 4.69) is 23.7 Å². The minimum Gasteiger partial charge on any atom is -0.478 e. The smallest absolute Gasteiger partial charge is 0.337 e. The van der Waals surface area contributed by atoms with Gasteiger partial charge < -0.3 is 10.0 Å². The maximum atomic E-state index is 10.9. The number of piperidine rings is 1. The van der Waals surface area contributed by atoms with Crippen LogP contribution in [0.1, 0.15) is 42.6 Å². The molecule has 1 aliphatic heterocycles. The molecule has 98 valence electrons. The first-order valence-electron chi connectivity index (χ1n) is 6.45. The van der Waals surface area contributed by atoms with E-state index in [9.17, 15) is 4.79 Å². The minimum absolute atomic E-state index is 0.258. The summed E-state index contributed by atoms with van der Waals surface area (Å²) < 4.78 is 0. The van der Waals surface area contributed by atoms with E-state index in [-0.39, 0.29) is 5.56 Å². The van der Waals surface area contributed by atoms with Gasteiger partial charge in [-0.3, -0.25) is 0 Å². The molecule has 2 unspecified atom stereocenters. The average Bonchev–Trinajstić information content (AvgIpc) is 2.32. The zero-order chi connectivity index (χ0) is 13.3. The lowest BCUT2D eigenvalue weighted by molar-refractivity contribution is 0.0696. The monoisotopic (exact) mass is 248 g/mol. The van der Waals surface area contributed by atoms with E-state index < -0.39 is 5.97 Å². The third kappa shape index (κ3) is 2.47. The summed E-state index contributed by atoms with van der Waals surface area (Å²) in [6, 6.07) is 2.18. The van der Waals surface area contributed by atoms with Crippen LogP contribution in [0.25, 0.3) is 0 Å². The van der Waals surface area contributed by atoms with Gasteiger partial charge in [0.15, 0.2) is 0 Å². The molecular formula is C14H20N2O2. The van der Waals surface area contributed by atoms with Gasteiger partial charge >= 0.3 is 5.97 Å². The Morgan fingerprint density at radius 2 is 2.17 bits per heavy atom. The van der Waals surface area contributed by atoms with Crippen LogP contribution in [0.15, 0.2) is 12.3 Å². The zero-order valence-corrected chi connectivity index (χ0v) is 11.2. The fraction of sp³-hybridized carbons (Fsp3) is 0.571. The molecule has 0 saturated carbocycles. The highest BCUT2D eigenvalue weighted by Gasteiger charge is 2.25. The predicted molar refractivity (Wildman–Crippen MR) is 71.1 cm³/mol. The van der Waals surface area contributed by atoms with Gasteiger partial charge in [0.1, 0.15) is 5.82 Å². The molecule has 1 N–H and O–H groups in total. The second kappa shape index (κ2) is 4.96. The molecule has 0 bridgehead atoms. The maximum absolute atomic E-state index is 10.9. The summed E-state index contributed by atoms with van der Waals surface area (Å²) in [6.45, 7) is 7.39. The van der Waals surface area contributed by atoms with Crippen molar-refractivity contribution in [3.8, 4) is 0 Å². The van der Waals surface area contributed by atoms with Crippen LogP contribution in [0.5, 0.6) is 0 Å². The number of hydrogen-bond donors (Lipinski definition) is 1. The third-order valence-corrected chi connectivity index (χ3v) is 3.69. The first-order valence-corrected chi connectivity index (χ1v) is 6.45. The van der Waals surface area contributed by atoms with Crippen LogP contribution in [-0.4, -0.2) is 28.6 Å². The Morgan fingerprint density at radius 1 is 1.44 bits per heavy atom. The minimum atomic E-state index is -0.919. The third-order valence-electron chi connectivity index (χ3n) is 3.69. The number of anilines is 1. The van der Waals surface area contributed by atoms with Gasteiger partial charge in [-0.25, -0.2) is 9.78 Å². The van der Waals surface area contributed by atoms with Gasteiger partial charge in [0, 0.05) is 18.8 Å². The molecule has 4 nitrogen and oxygen atoms in total. The van der Waals surface area contributed by atoms with Crippen LogP contribution >= 0.6 is 0 Å². The molecule has 18 heavy (non-hydrogen) atoms. The summed E-state index contributed by atoms with van der Waals surface area (Å²) in [5.74, 6) is 0.679. The summed E-state index contributed by atoms with van der Waals surface area (Å²) in [4.78, 5) is 17.6. The summed E-state index contributed by atoms with van der Waals surface area (Å²) in [6.07, 6.45) is 3.88. The predicted octanol–water partition coefficient (Wildman–Crippen LogP) is 2.71. The molecule has 0 aromatic carbocycles. The molecule has 0 aliphatic carbocycles. The highest BCUT2D eigenvalue weighted by molar-refractivity contribution is 5.87. The van der Waals surface area contributed by atoms with E-state index in [1.165, 1.54) is 19.0 Å². The first-order chi connectivity index (χ1) is 8.49. The molecule has 0 radical (unpaired) electrons. The first kappa shape index (κ1) is 12.9. The lowest BCUT2D eigenvalue weighted by atomic mass is 9.94. The number of rotatable bonds is 2. The van der Waals surface area contributed by atoms with Gasteiger partial charge in [0.2, 0.25) is 0 Å². The van der Waals surface area contributed by atoms with Gasteiger partial charge in [0.25, 0.3) is 0 Å². The lowest BCUT2D eigenvalue weighted by Crippen LogP contribution is -2.42. The number of pyridine rings is 1. The standard InChI is InChI=1S/C14H20N2O2/c1-9-4-5-11(3)16(8-9)13-10(2)6-12(7-15-13)14(17)18/h6-7,9,11H,4-5,8H2,1-3H3,(H,17,18). The van der Waals surface area contributed by atoms with Crippen LogP contribution in [0.4, 0.5) is 5.82 Å². The Morgan fingerprint density at radius 3 is 2.78 bits per heavy atom. The van der Waals surface area contributed by atoms with Crippen molar-refractivity contribution in [2.45, 2.75) is 39.7 Å². The molecular weight excluding hydrogens is 228 g/mol.